The molecule has 2 rings (SSSR count). The first-order valence-electron chi connectivity index (χ1n) is 5.79. The van der Waals surface area contributed by atoms with E-state index in [2.05, 4.69) is 11.4 Å². The van der Waals surface area contributed by atoms with Gasteiger partial charge in [-0.2, -0.15) is 5.26 Å². The Balaban J connectivity index is 2.19. The fourth-order valence-electron chi connectivity index (χ4n) is 2.22. The Labute approximate surface area is 110 Å². The van der Waals surface area contributed by atoms with Crippen LogP contribution in [0.25, 0.3) is 0 Å². The van der Waals surface area contributed by atoms with Crippen molar-refractivity contribution < 1.29 is 9.90 Å². The summed E-state index contributed by atoms with van der Waals surface area (Å²) in [5.41, 5.74) is -0.649. The molecule has 94 valence electrons. The van der Waals surface area contributed by atoms with Crippen molar-refractivity contribution in [1.29, 1.82) is 5.26 Å². The molecular formula is C13H13ClN2O2. The molecule has 1 saturated carbocycles. The van der Waals surface area contributed by atoms with E-state index in [-0.39, 0.29) is 11.3 Å². The number of nitrogens with zero attached hydrogens (tertiary/aromatic N) is 1. The zero-order valence-corrected chi connectivity index (χ0v) is 10.5. The van der Waals surface area contributed by atoms with Gasteiger partial charge in [0.1, 0.15) is 11.3 Å². The zero-order chi connectivity index (χ0) is 13.2. The van der Waals surface area contributed by atoms with Gasteiger partial charge in [0.2, 0.25) is 0 Å². The number of hydrogen-bond acceptors (Lipinski definition) is 3. The summed E-state index contributed by atoms with van der Waals surface area (Å²) in [5.74, 6) is -0.612. The molecule has 1 aromatic rings. The number of benzene rings is 1. The molecule has 2 N–H and O–H groups in total. The second kappa shape index (κ2) is 4.87. The second-order valence-electron chi connectivity index (χ2n) is 4.52. The van der Waals surface area contributed by atoms with Crippen molar-refractivity contribution in [2.45, 2.75) is 31.2 Å². The Bertz CT molecular complexity index is 516. The Hall–Kier alpha value is -1.73. The average molecular weight is 265 g/mol. The lowest BCUT2D eigenvalue weighted by atomic mass is 9.99. The number of phenolic OH excluding ortho intramolecular Hbond substituents is 1. The predicted molar refractivity (Wildman–Crippen MR) is 67.4 cm³/mol. The molecule has 1 aromatic carbocycles. The van der Waals surface area contributed by atoms with Crippen molar-refractivity contribution in [2.75, 3.05) is 0 Å². The summed E-state index contributed by atoms with van der Waals surface area (Å²) in [6, 6.07) is 6.46. The standard InChI is InChI=1S/C13H13ClN2O2/c14-9-3-4-10(11(17)7-9)12(18)16-13(8-15)5-1-2-6-13/h3-4,7,17H,1-2,5-6H2,(H,16,18). The number of carbonyl (C=O) groups is 1. The third kappa shape index (κ3) is 2.41. The van der Waals surface area contributed by atoms with Gasteiger partial charge >= 0.3 is 0 Å². The number of rotatable bonds is 2. The molecule has 0 aliphatic heterocycles. The number of hydrogen-bond donors (Lipinski definition) is 2. The normalized spacial score (nSPS) is 17.1. The van der Waals surface area contributed by atoms with Crippen LogP contribution in [0.3, 0.4) is 0 Å². The first-order valence-corrected chi connectivity index (χ1v) is 6.16. The fourth-order valence-corrected chi connectivity index (χ4v) is 2.39. The van der Waals surface area contributed by atoms with Crippen LogP contribution in [0.1, 0.15) is 36.0 Å². The van der Waals surface area contributed by atoms with Crippen LogP contribution in [0.2, 0.25) is 5.02 Å². The first-order chi connectivity index (χ1) is 8.56. The van der Waals surface area contributed by atoms with E-state index in [1.54, 1.807) is 0 Å². The van der Waals surface area contributed by atoms with Crippen molar-refractivity contribution >= 4 is 17.5 Å². The quantitative estimate of drug-likeness (QED) is 0.862. The summed E-state index contributed by atoms with van der Waals surface area (Å²) in [7, 11) is 0. The maximum absolute atomic E-state index is 12.0. The third-order valence-corrected chi connectivity index (χ3v) is 3.46. The summed E-state index contributed by atoms with van der Waals surface area (Å²) >= 11 is 5.70. The van der Waals surface area contributed by atoms with Crippen LogP contribution >= 0.6 is 11.6 Å². The number of amides is 1. The highest BCUT2D eigenvalue weighted by Gasteiger charge is 2.35. The van der Waals surface area contributed by atoms with Gasteiger partial charge in [0.15, 0.2) is 0 Å². The van der Waals surface area contributed by atoms with Crippen molar-refractivity contribution in [3.63, 3.8) is 0 Å². The van der Waals surface area contributed by atoms with Crippen molar-refractivity contribution in [3.05, 3.63) is 28.8 Å². The molecule has 0 atom stereocenters. The van der Waals surface area contributed by atoms with E-state index in [0.717, 1.165) is 12.8 Å². The topological polar surface area (TPSA) is 73.1 Å². The van der Waals surface area contributed by atoms with Gasteiger partial charge in [-0.05, 0) is 43.9 Å². The van der Waals surface area contributed by atoms with Gasteiger partial charge in [0, 0.05) is 5.02 Å². The molecule has 0 radical (unpaired) electrons. The Morgan fingerprint density at radius 2 is 2.11 bits per heavy atom. The van der Waals surface area contributed by atoms with Gasteiger partial charge in [-0.3, -0.25) is 4.79 Å². The summed E-state index contributed by atoms with van der Waals surface area (Å²) in [4.78, 5) is 12.0. The molecule has 18 heavy (non-hydrogen) atoms. The molecule has 0 aromatic heterocycles. The lowest BCUT2D eigenvalue weighted by molar-refractivity contribution is 0.0918. The highest BCUT2D eigenvalue weighted by Crippen LogP contribution is 2.30. The van der Waals surface area contributed by atoms with Gasteiger partial charge in [-0.25, -0.2) is 0 Å². The molecule has 5 heteroatoms. The van der Waals surface area contributed by atoms with Gasteiger partial charge in [0.25, 0.3) is 5.91 Å². The molecule has 4 nitrogen and oxygen atoms in total. The van der Waals surface area contributed by atoms with E-state index in [0.29, 0.717) is 17.9 Å². The Morgan fingerprint density at radius 1 is 1.44 bits per heavy atom. The molecule has 1 aliphatic carbocycles. The van der Waals surface area contributed by atoms with Gasteiger partial charge in [0.05, 0.1) is 11.6 Å². The van der Waals surface area contributed by atoms with E-state index in [9.17, 15) is 15.2 Å². The molecule has 0 spiro atoms. The Morgan fingerprint density at radius 3 is 2.67 bits per heavy atom. The SMILES string of the molecule is N#CC1(NC(=O)c2ccc(Cl)cc2O)CCCC1. The second-order valence-corrected chi connectivity index (χ2v) is 4.95. The molecule has 0 bridgehead atoms. The number of nitrogens with one attached hydrogen (secondary N) is 1. The minimum Gasteiger partial charge on any atom is -0.507 e. The molecular weight excluding hydrogens is 252 g/mol. The smallest absolute Gasteiger partial charge is 0.256 e. The van der Waals surface area contributed by atoms with Gasteiger partial charge in [-0.15, -0.1) is 0 Å². The molecule has 1 amide bonds. The summed E-state index contributed by atoms with van der Waals surface area (Å²) in [6.45, 7) is 0. The molecule has 1 fully saturated rings. The zero-order valence-electron chi connectivity index (χ0n) is 9.74. The Kier molecular flexibility index (Phi) is 3.44. The van der Waals surface area contributed by atoms with Crippen molar-refractivity contribution in [1.82, 2.24) is 5.32 Å². The van der Waals surface area contributed by atoms with E-state index in [4.69, 9.17) is 11.6 Å². The number of aromatic hydroxyl groups is 1. The highest BCUT2D eigenvalue weighted by atomic mass is 35.5. The van der Waals surface area contributed by atoms with Crippen LogP contribution in [-0.4, -0.2) is 16.6 Å². The van der Waals surface area contributed by atoms with Crippen molar-refractivity contribution in [2.24, 2.45) is 0 Å². The summed E-state index contributed by atoms with van der Waals surface area (Å²) in [5, 5.41) is 21.9. The lowest BCUT2D eigenvalue weighted by Crippen LogP contribution is -2.45. The average Bonchev–Trinajstić information content (AvgIpc) is 2.78. The predicted octanol–water partition coefficient (Wildman–Crippen LogP) is 2.61. The van der Waals surface area contributed by atoms with Crippen LogP contribution in [0.15, 0.2) is 18.2 Å². The molecule has 0 saturated heterocycles. The lowest BCUT2D eigenvalue weighted by Gasteiger charge is -2.22. The van der Waals surface area contributed by atoms with Crippen LogP contribution in [0.5, 0.6) is 5.75 Å². The minimum absolute atomic E-state index is 0.140. The van der Waals surface area contributed by atoms with E-state index in [1.807, 2.05) is 0 Å². The maximum atomic E-state index is 12.0. The van der Waals surface area contributed by atoms with E-state index in [1.165, 1.54) is 18.2 Å². The number of phenols is 1. The molecule has 1 aliphatic rings. The van der Waals surface area contributed by atoms with Crippen LogP contribution in [-0.2, 0) is 0 Å². The third-order valence-electron chi connectivity index (χ3n) is 3.23. The van der Waals surface area contributed by atoms with Crippen LogP contribution in [0.4, 0.5) is 0 Å². The first kappa shape index (κ1) is 12.7. The molecule has 0 heterocycles. The monoisotopic (exact) mass is 264 g/mol. The van der Waals surface area contributed by atoms with Crippen molar-refractivity contribution in [3.8, 4) is 11.8 Å². The number of halogens is 1. The largest absolute Gasteiger partial charge is 0.507 e. The summed E-state index contributed by atoms with van der Waals surface area (Å²) in [6.07, 6.45) is 3.17. The van der Waals surface area contributed by atoms with Gasteiger partial charge < -0.3 is 10.4 Å². The maximum Gasteiger partial charge on any atom is 0.256 e. The van der Waals surface area contributed by atoms with Crippen LogP contribution in [0, 0.1) is 11.3 Å². The van der Waals surface area contributed by atoms with Crippen LogP contribution < -0.4 is 5.32 Å². The van der Waals surface area contributed by atoms with E-state index >= 15 is 0 Å². The highest BCUT2D eigenvalue weighted by molar-refractivity contribution is 6.30. The minimum atomic E-state index is -0.789. The van der Waals surface area contributed by atoms with E-state index < -0.39 is 11.4 Å². The fraction of sp³-hybridized carbons (Fsp3) is 0.385. The number of carbonyl (C=O) groups excluding carboxylic acids is 1. The number of nitriles is 1. The summed E-state index contributed by atoms with van der Waals surface area (Å²) < 4.78 is 0. The molecule has 0 unspecified atom stereocenters. The van der Waals surface area contributed by atoms with Gasteiger partial charge in [-0.1, -0.05) is 11.6 Å².